The van der Waals surface area contributed by atoms with E-state index < -0.39 is 40.6 Å². The number of halogens is 6. The maximum absolute atomic E-state index is 13.6. The van der Waals surface area contributed by atoms with E-state index in [1.54, 1.807) is 0 Å². The van der Waals surface area contributed by atoms with E-state index in [0.29, 0.717) is 19.6 Å². The van der Waals surface area contributed by atoms with Crippen molar-refractivity contribution in [1.29, 1.82) is 0 Å². The topological polar surface area (TPSA) is 43.8 Å². The van der Waals surface area contributed by atoms with E-state index in [0.717, 1.165) is 4.90 Å². The van der Waals surface area contributed by atoms with Crippen LogP contribution >= 0.6 is 12.4 Å². The molecule has 1 aromatic carbocycles. The van der Waals surface area contributed by atoms with Crippen molar-refractivity contribution in [1.82, 2.24) is 9.80 Å². The first-order valence-corrected chi connectivity index (χ1v) is 6.52. The Labute approximate surface area is 134 Å². The number of rotatable bonds is 3. The largest absolute Gasteiger partial charge is 0.395 e. The molecule has 0 radical (unpaired) electrons. The summed E-state index contributed by atoms with van der Waals surface area (Å²) in [7, 11) is 0. The van der Waals surface area contributed by atoms with Crippen molar-refractivity contribution in [2.24, 2.45) is 0 Å². The number of hydrogen-bond acceptors (Lipinski definition) is 3. The molecule has 0 unspecified atom stereocenters. The minimum absolute atomic E-state index is 0. The predicted octanol–water partition coefficient (Wildman–Crippen LogP) is 1.55. The van der Waals surface area contributed by atoms with Crippen molar-refractivity contribution in [2.75, 3.05) is 39.3 Å². The van der Waals surface area contributed by atoms with Gasteiger partial charge in [0.1, 0.15) is 5.56 Å². The first-order chi connectivity index (χ1) is 10.4. The van der Waals surface area contributed by atoms with Gasteiger partial charge in [-0.3, -0.25) is 9.69 Å². The first-order valence-electron chi connectivity index (χ1n) is 6.52. The Bertz CT molecular complexity index is 565. The average Bonchev–Trinajstić information content (AvgIpc) is 2.52. The predicted molar refractivity (Wildman–Crippen MR) is 72.9 cm³/mol. The SMILES string of the molecule is Cl.O=C(c1c(F)c(F)c(F)c(F)c1F)N1CCN(CCO)CC1. The third kappa shape index (κ3) is 3.73. The zero-order valence-corrected chi connectivity index (χ0v) is 12.6. The van der Waals surface area contributed by atoms with Gasteiger partial charge >= 0.3 is 0 Å². The fraction of sp³-hybridized carbons (Fsp3) is 0.462. The van der Waals surface area contributed by atoms with E-state index in [-0.39, 0.29) is 32.1 Å². The van der Waals surface area contributed by atoms with Crippen molar-refractivity contribution in [2.45, 2.75) is 0 Å². The van der Waals surface area contributed by atoms with Gasteiger partial charge in [0.15, 0.2) is 23.3 Å². The van der Waals surface area contributed by atoms with Gasteiger partial charge in [0.2, 0.25) is 5.82 Å². The first kappa shape index (κ1) is 19.6. The summed E-state index contributed by atoms with van der Waals surface area (Å²) >= 11 is 0. The molecule has 1 saturated heterocycles. The number of β-amino-alcohol motifs (C(OH)–C–C–N with tert-alkyl or cyclic N) is 1. The molecule has 1 aliphatic heterocycles. The van der Waals surface area contributed by atoms with Crippen molar-refractivity contribution >= 4 is 18.3 Å². The van der Waals surface area contributed by atoms with Gasteiger partial charge < -0.3 is 10.0 Å². The molecule has 1 aliphatic rings. The van der Waals surface area contributed by atoms with Gasteiger partial charge in [-0.2, -0.15) is 0 Å². The second-order valence-electron chi connectivity index (χ2n) is 4.80. The number of benzene rings is 1. The molecule has 130 valence electrons. The molecule has 0 saturated carbocycles. The highest BCUT2D eigenvalue weighted by molar-refractivity contribution is 5.95. The Morgan fingerprint density at radius 2 is 1.30 bits per heavy atom. The quantitative estimate of drug-likeness (QED) is 0.505. The van der Waals surface area contributed by atoms with Crippen LogP contribution in [0.1, 0.15) is 10.4 Å². The number of hydrogen-bond donors (Lipinski definition) is 1. The van der Waals surface area contributed by atoms with Crippen LogP contribution in [0.25, 0.3) is 0 Å². The van der Waals surface area contributed by atoms with Crippen LogP contribution in [0.2, 0.25) is 0 Å². The fourth-order valence-electron chi connectivity index (χ4n) is 2.27. The zero-order valence-electron chi connectivity index (χ0n) is 11.8. The zero-order chi connectivity index (χ0) is 16.4. The molecule has 0 atom stereocenters. The number of amides is 1. The highest BCUT2D eigenvalue weighted by Crippen LogP contribution is 2.24. The summed E-state index contributed by atoms with van der Waals surface area (Å²) in [6, 6.07) is 0. The molecule has 1 amide bonds. The highest BCUT2D eigenvalue weighted by atomic mass is 35.5. The molecular formula is C13H14ClF5N2O2. The standard InChI is InChI=1S/C13H13F5N2O2.ClH/c14-8-7(9(15)11(17)12(18)10(8)16)13(22)20-3-1-19(2-4-20)5-6-21;/h21H,1-6H2;1H. The summed E-state index contributed by atoms with van der Waals surface area (Å²) in [5.41, 5.74) is -1.44. The second kappa shape index (κ2) is 7.89. The molecule has 0 aliphatic carbocycles. The second-order valence-corrected chi connectivity index (χ2v) is 4.80. The van der Waals surface area contributed by atoms with Crippen molar-refractivity contribution in [3.05, 3.63) is 34.6 Å². The number of carbonyl (C=O) groups excluding carboxylic acids is 1. The average molecular weight is 361 g/mol. The fourth-order valence-corrected chi connectivity index (χ4v) is 2.27. The molecule has 0 aromatic heterocycles. The Morgan fingerprint density at radius 3 is 1.74 bits per heavy atom. The lowest BCUT2D eigenvalue weighted by Gasteiger charge is -2.34. The molecule has 0 spiro atoms. The van der Waals surface area contributed by atoms with Crippen LogP contribution in [0.3, 0.4) is 0 Å². The third-order valence-electron chi connectivity index (χ3n) is 3.50. The molecule has 1 heterocycles. The minimum Gasteiger partial charge on any atom is -0.395 e. The van der Waals surface area contributed by atoms with Crippen molar-refractivity contribution < 1.29 is 31.9 Å². The maximum Gasteiger partial charge on any atom is 0.260 e. The molecule has 1 N–H and O–H groups in total. The van der Waals surface area contributed by atoms with Crippen LogP contribution in [-0.4, -0.2) is 60.1 Å². The lowest BCUT2D eigenvalue weighted by Crippen LogP contribution is -2.49. The lowest BCUT2D eigenvalue weighted by atomic mass is 10.1. The molecule has 1 fully saturated rings. The Morgan fingerprint density at radius 1 is 0.870 bits per heavy atom. The summed E-state index contributed by atoms with van der Waals surface area (Å²) in [6.45, 7) is 1.11. The van der Waals surface area contributed by atoms with E-state index in [9.17, 15) is 26.7 Å². The number of carbonyl (C=O) groups is 1. The van der Waals surface area contributed by atoms with Crippen LogP contribution < -0.4 is 0 Å². The van der Waals surface area contributed by atoms with Crippen LogP contribution in [0.15, 0.2) is 0 Å². The monoisotopic (exact) mass is 360 g/mol. The molecular weight excluding hydrogens is 347 g/mol. The summed E-state index contributed by atoms with van der Waals surface area (Å²) < 4.78 is 66.4. The number of aliphatic hydroxyl groups is 1. The Kier molecular flexibility index (Phi) is 6.72. The molecule has 2 rings (SSSR count). The molecule has 0 bridgehead atoms. The molecule has 23 heavy (non-hydrogen) atoms. The van der Waals surface area contributed by atoms with Crippen molar-refractivity contribution in [3.63, 3.8) is 0 Å². The smallest absolute Gasteiger partial charge is 0.260 e. The van der Waals surface area contributed by atoms with Gasteiger partial charge in [-0.25, -0.2) is 22.0 Å². The van der Waals surface area contributed by atoms with Crippen LogP contribution in [-0.2, 0) is 0 Å². The maximum atomic E-state index is 13.6. The van der Waals surface area contributed by atoms with Gasteiger partial charge in [-0.15, -0.1) is 12.4 Å². The summed E-state index contributed by atoms with van der Waals surface area (Å²) in [5, 5.41) is 8.79. The summed E-state index contributed by atoms with van der Waals surface area (Å²) in [5.74, 6) is -12.1. The van der Waals surface area contributed by atoms with Gasteiger partial charge in [0, 0.05) is 32.7 Å². The summed E-state index contributed by atoms with van der Waals surface area (Å²) in [6.07, 6.45) is 0. The van der Waals surface area contributed by atoms with Crippen LogP contribution in [0.5, 0.6) is 0 Å². The van der Waals surface area contributed by atoms with E-state index in [1.165, 1.54) is 0 Å². The van der Waals surface area contributed by atoms with Gasteiger partial charge in [-0.1, -0.05) is 0 Å². The molecule has 10 heteroatoms. The van der Waals surface area contributed by atoms with E-state index in [4.69, 9.17) is 5.11 Å². The number of aliphatic hydroxyl groups excluding tert-OH is 1. The van der Waals surface area contributed by atoms with Crippen molar-refractivity contribution in [3.8, 4) is 0 Å². The van der Waals surface area contributed by atoms with E-state index >= 15 is 0 Å². The number of piperazine rings is 1. The Hall–Kier alpha value is -1.45. The Balaban J connectivity index is 0.00000264. The van der Waals surface area contributed by atoms with Crippen LogP contribution in [0, 0.1) is 29.1 Å². The minimum atomic E-state index is -2.29. The van der Waals surface area contributed by atoms with Gasteiger partial charge in [0.05, 0.1) is 6.61 Å². The van der Waals surface area contributed by atoms with E-state index in [2.05, 4.69) is 0 Å². The van der Waals surface area contributed by atoms with Gasteiger partial charge in [-0.05, 0) is 0 Å². The normalized spacial score (nSPS) is 15.5. The van der Waals surface area contributed by atoms with Crippen LogP contribution in [0.4, 0.5) is 22.0 Å². The van der Waals surface area contributed by atoms with Gasteiger partial charge in [0.25, 0.3) is 5.91 Å². The third-order valence-corrected chi connectivity index (χ3v) is 3.50. The molecule has 4 nitrogen and oxygen atoms in total. The molecule has 1 aromatic rings. The number of nitrogens with zero attached hydrogens (tertiary/aromatic N) is 2. The highest BCUT2D eigenvalue weighted by Gasteiger charge is 2.33. The summed E-state index contributed by atoms with van der Waals surface area (Å²) in [4.78, 5) is 14.9. The van der Waals surface area contributed by atoms with E-state index in [1.807, 2.05) is 4.90 Å². The lowest BCUT2D eigenvalue weighted by molar-refractivity contribution is 0.0602.